The zero-order valence-corrected chi connectivity index (χ0v) is 15.4. The highest BCUT2D eigenvalue weighted by Crippen LogP contribution is 2.44. The second-order valence-electron chi connectivity index (χ2n) is 5.01. The molecule has 3 rings (SSSR count). The van der Waals surface area contributed by atoms with E-state index in [1.54, 1.807) is 30.6 Å². The van der Waals surface area contributed by atoms with Crippen molar-refractivity contribution in [3.8, 4) is 0 Å². The van der Waals surface area contributed by atoms with Crippen LogP contribution in [0, 0.1) is 11.6 Å². The molecule has 1 unspecified atom stereocenters. The summed E-state index contributed by atoms with van der Waals surface area (Å²) in [6.07, 6.45) is 3.27. The van der Waals surface area contributed by atoms with Gasteiger partial charge in [-0.05, 0) is 70.0 Å². The fourth-order valence-corrected chi connectivity index (χ4v) is 4.22. The normalized spacial score (nSPS) is 12.2. The lowest BCUT2D eigenvalue weighted by molar-refractivity contribution is 0.587. The van der Waals surface area contributed by atoms with Gasteiger partial charge in [0.25, 0.3) is 0 Å². The van der Waals surface area contributed by atoms with Gasteiger partial charge in [-0.3, -0.25) is 4.98 Å². The van der Waals surface area contributed by atoms with Gasteiger partial charge >= 0.3 is 0 Å². The van der Waals surface area contributed by atoms with Crippen LogP contribution >= 0.6 is 39.3 Å². The van der Waals surface area contributed by atoms with E-state index in [1.807, 2.05) is 12.1 Å². The first kappa shape index (κ1) is 17.4. The Balaban J connectivity index is 2.08. The Morgan fingerprint density at radius 1 is 1.00 bits per heavy atom. The van der Waals surface area contributed by atoms with Crippen LogP contribution in [0.4, 0.5) is 8.78 Å². The molecule has 0 fully saturated rings. The van der Waals surface area contributed by atoms with Crippen LogP contribution in [-0.2, 0) is 0 Å². The van der Waals surface area contributed by atoms with Gasteiger partial charge in [0.2, 0.25) is 0 Å². The standard InChI is InChI=1S/C18H11BrClF2NS/c19-16-10-23-8-7-14(16)18(15-9-12(21)3-6-17(15)22)24-13-4-1-11(20)2-5-13/h1-10,18H. The molecule has 3 aromatic rings. The molecule has 6 heteroatoms. The summed E-state index contributed by atoms with van der Waals surface area (Å²) in [6.45, 7) is 0. The molecular weight excluding hydrogens is 416 g/mol. The first-order valence-electron chi connectivity index (χ1n) is 7.01. The first-order chi connectivity index (χ1) is 11.5. The summed E-state index contributed by atoms with van der Waals surface area (Å²) in [7, 11) is 0. The summed E-state index contributed by atoms with van der Waals surface area (Å²) < 4.78 is 28.8. The fraction of sp³-hybridized carbons (Fsp3) is 0.0556. The highest BCUT2D eigenvalue weighted by molar-refractivity contribution is 9.10. The Morgan fingerprint density at radius 2 is 1.75 bits per heavy atom. The minimum Gasteiger partial charge on any atom is -0.264 e. The van der Waals surface area contributed by atoms with Crippen molar-refractivity contribution < 1.29 is 8.78 Å². The van der Waals surface area contributed by atoms with Gasteiger partial charge in [0, 0.05) is 32.3 Å². The van der Waals surface area contributed by atoms with Crippen molar-refractivity contribution in [1.82, 2.24) is 4.98 Å². The van der Waals surface area contributed by atoms with Gasteiger partial charge in [-0.15, -0.1) is 11.8 Å². The molecule has 122 valence electrons. The summed E-state index contributed by atoms with van der Waals surface area (Å²) >= 11 is 10.8. The summed E-state index contributed by atoms with van der Waals surface area (Å²) in [5.41, 5.74) is 1.09. The zero-order chi connectivity index (χ0) is 17.1. The average molecular weight is 427 g/mol. The maximum absolute atomic E-state index is 14.4. The third kappa shape index (κ3) is 3.97. The number of hydrogen-bond donors (Lipinski definition) is 0. The predicted molar refractivity (Wildman–Crippen MR) is 97.4 cm³/mol. The monoisotopic (exact) mass is 425 g/mol. The maximum atomic E-state index is 14.4. The van der Waals surface area contributed by atoms with Crippen molar-refractivity contribution >= 4 is 39.3 Å². The second kappa shape index (κ2) is 7.64. The van der Waals surface area contributed by atoms with Crippen LogP contribution in [0.2, 0.25) is 5.02 Å². The van der Waals surface area contributed by atoms with E-state index < -0.39 is 16.9 Å². The highest BCUT2D eigenvalue weighted by Gasteiger charge is 2.22. The molecule has 24 heavy (non-hydrogen) atoms. The van der Waals surface area contributed by atoms with Crippen molar-refractivity contribution in [3.05, 3.63) is 93.2 Å². The van der Waals surface area contributed by atoms with Gasteiger partial charge in [-0.25, -0.2) is 8.78 Å². The molecule has 0 aliphatic carbocycles. The van der Waals surface area contributed by atoms with Crippen LogP contribution in [0.25, 0.3) is 0 Å². The Bertz CT molecular complexity index is 858. The number of rotatable bonds is 4. The van der Waals surface area contributed by atoms with E-state index >= 15 is 0 Å². The van der Waals surface area contributed by atoms with Gasteiger partial charge in [0.05, 0.1) is 5.25 Å². The molecule has 0 amide bonds. The molecule has 0 N–H and O–H groups in total. The van der Waals surface area contributed by atoms with E-state index in [2.05, 4.69) is 20.9 Å². The van der Waals surface area contributed by atoms with E-state index in [-0.39, 0.29) is 5.56 Å². The third-order valence-electron chi connectivity index (χ3n) is 3.39. The smallest absolute Gasteiger partial charge is 0.128 e. The lowest BCUT2D eigenvalue weighted by Gasteiger charge is -2.19. The molecule has 0 saturated carbocycles. The molecule has 0 radical (unpaired) electrons. The zero-order valence-electron chi connectivity index (χ0n) is 12.2. The van der Waals surface area contributed by atoms with Crippen molar-refractivity contribution in [3.63, 3.8) is 0 Å². The number of thioether (sulfide) groups is 1. The summed E-state index contributed by atoms with van der Waals surface area (Å²) in [5.74, 6) is -0.926. The van der Waals surface area contributed by atoms with Gasteiger partial charge in [0.1, 0.15) is 11.6 Å². The van der Waals surface area contributed by atoms with E-state index in [1.165, 1.54) is 17.8 Å². The topological polar surface area (TPSA) is 12.9 Å². The van der Waals surface area contributed by atoms with Gasteiger partial charge < -0.3 is 0 Å². The minimum absolute atomic E-state index is 0.279. The molecule has 1 aromatic heterocycles. The maximum Gasteiger partial charge on any atom is 0.128 e. The summed E-state index contributed by atoms with van der Waals surface area (Å²) in [6, 6.07) is 12.5. The number of pyridine rings is 1. The number of benzene rings is 2. The largest absolute Gasteiger partial charge is 0.264 e. The Morgan fingerprint density at radius 3 is 2.46 bits per heavy atom. The van der Waals surface area contributed by atoms with E-state index in [0.29, 0.717) is 5.02 Å². The average Bonchev–Trinajstić information content (AvgIpc) is 2.58. The van der Waals surface area contributed by atoms with Gasteiger partial charge in [-0.1, -0.05) is 11.6 Å². The molecule has 1 nitrogen and oxygen atoms in total. The first-order valence-corrected chi connectivity index (χ1v) is 9.06. The van der Waals surface area contributed by atoms with Crippen LogP contribution in [0.5, 0.6) is 0 Å². The van der Waals surface area contributed by atoms with Crippen molar-refractivity contribution in [2.24, 2.45) is 0 Å². The van der Waals surface area contributed by atoms with Gasteiger partial charge in [-0.2, -0.15) is 0 Å². The Kier molecular flexibility index (Phi) is 5.54. The summed E-state index contributed by atoms with van der Waals surface area (Å²) in [4.78, 5) is 4.94. The van der Waals surface area contributed by atoms with Crippen LogP contribution in [0.3, 0.4) is 0 Å². The molecule has 1 heterocycles. The van der Waals surface area contributed by atoms with Crippen molar-refractivity contribution in [1.29, 1.82) is 0 Å². The Labute approximate surface area is 156 Å². The molecule has 2 aromatic carbocycles. The van der Waals surface area contributed by atoms with Crippen molar-refractivity contribution in [2.75, 3.05) is 0 Å². The molecule has 0 aliphatic heterocycles. The van der Waals surface area contributed by atoms with E-state index in [4.69, 9.17) is 11.6 Å². The molecule has 0 spiro atoms. The lowest BCUT2D eigenvalue weighted by atomic mass is 10.0. The SMILES string of the molecule is Fc1ccc(F)c(C(Sc2ccc(Cl)cc2)c2ccncc2Br)c1. The van der Waals surface area contributed by atoms with Crippen LogP contribution < -0.4 is 0 Å². The fourth-order valence-electron chi connectivity index (χ4n) is 2.26. The number of hydrogen-bond acceptors (Lipinski definition) is 2. The minimum atomic E-state index is -0.474. The van der Waals surface area contributed by atoms with Crippen LogP contribution in [-0.4, -0.2) is 4.98 Å². The van der Waals surface area contributed by atoms with Crippen LogP contribution in [0.1, 0.15) is 16.4 Å². The molecule has 0 saturated heterocycles. The molecule has 1 atom stereocenters. The molecule has 0 bridgehead atoms. The van der Waals surface area contributed by atoms with E-state index in [9.17, 15) is 8.78 Å². The summed E-state index contributed by atoms with van der Waals surface area (Å²) in [5, 5.41) is 0.192. The third-order valence-corrected chi connectivity index (χ3v) is 5.60. The number of aromatic nitrogens is 1. The van der Waals surface area contributed by atoms with Crippen LogP contribution in [0.15, 0.2) is 70.3 Å². The highest BCUT2D eigenvalue weighted by atomic mass is 79.9. The quantitative estimate of drug-likeness (QED) is 0.433. The predicted octanol–water partition coefficient (Wildman–Crippen LogP) is 6.66. The molecule has 0 aliphatic rings. The second-order valence-corrected chi connectivity index (χ2v) is 7.48. The van der Waals surface area contributed by atoms with E-state index in [0.717, 1.165) is 27.1 Å². The lowest BCUT2D eigenvalue weighted by Crippen LogP contribution is -2.02. The molecular formula is C18H11BrClF2NS. The van der Waals surface area contributed by atoms with Gasteiger partial charge in [0.15, 0.2) is 0 Å². The Hall–Kier alpha value is -1.43. The van der Waals surface area contributed by atoms with Crippen molar-refractivity contribution in [2.45, 2.75) is 10.1 Å². The number of nitrogens with zero attached hydrogens (tertiary/aromatic N) is 1. The number of halogens is 4.